The Hall–Kier alpha value is -0.610. The Bertz CT molecular complexity index is 271. The van der Waals surface area contributed by atoms with Crippen LogP contribution in [-0.4, -0.2) is 24.2 Å². The third kappa shape index (κ3) is 4.18. The average Bonchev–Trinajstić information content (AvgIpc) is 2.38. The number of ether oxygens (including phenoxy) is 1. The van der Waals surface area contributed by atoms with Crippen LogP contribution in [0, 0.1) is 11.8 Å². The molecule has 4 N–H and O–H groups in total. The molecule has 0 aliphatic heterocycles. The van der Waals surface area contributed by atoms with E-state index < -0.39 is 0 Å². The molecule has 0 radical (unpaired) electrons. The molecule has 2 aliphatic rings. The van der Waals surface area contributed by atoms with Crippen molar-refractivity contribution >= 4 is 5.97 Å². The van der Waals surface area contributed by atoms with Gasteiger partial charge in [-0.05, 0) is 63.2 Å². The fourth-order valence-electron chi connectivity index (χ4n) is 3.72. The number of hydrogen-bond acceptors (Lipinski definition) is 4. The predicted octanol–water partition coefficient (Wildman–Crippen LogP) is 1.95. The van der Waals surface area contributed by atoms with Crippen LogP contribution in [0.25, 0.3) is 0 Å². The normalized spacial score (nSPS) is 37.6. The van der Waals surface area contributed by atoms with Crippen LogP contribution in [-0.2, 0) is 9.53 Å². The monoisotopic (exact) mass is 268 g/mol. The topological polar surface area (TPSA) is 78.3 Å². The van der Waals surface area contributed by atoms with Crippen molar-refractivity contribution < 1.29 is 9.53 Å². The average molecular weight is 268 g/mol. The van der Waals surface area contributed by atoms with Crippen LogP contribution in [0.2, 0.25) is 0 Å². The predicted molar refractivity (Wildman–Crippen MR) is 75.4 cm³/mol. The van der Waals surface area contributed by atoms with Gasteiger partial charge in [0.1, 0.15) is 6.10 Å². The van der Waals surface area contributed by atoms with Crippen LogP contribution in [0.1, 0.15) is 58.3 Å². The number of rotatable bonds is 3. The molecular weight excluding hydrogens is 240 g/mol. The summed E-state index contributed by atoms with van der Waals surface area (Å²) in [6.45, 7) is 1.52. The first kappa shape index (κ1) is 14.8. The zero-order valence-corrected chi connectivity index (χ0v) is 12.0. The van der Waals surface area contributed by atoms with E-state index in [4.69, 9.17) is 16.2 Å². The van der Waals surface area contributed by atoms with Gasteiger partial charge < -0.3 is 16.2 Å². The van der Waals surface area contributed by atoms with Crippen molar-refractivity contribution in [2.24, 2.45) is 23.3 Å². The van der Waals surface area contributed by atoms with Gasteiger partial charge in [0.05, 0.1) is 0 Å². The molecule has 2 rings (SSSR count). The molecule has 0 heterocycles. The van der Waals surface area contributed by atoms with E-state index in [1.54, 1.807) is 0 Å². The molecule has 2 aliphatic carbocycles. The maximum atomic E-state index is 11.4. The highest BCUT2D eigenvalue weighted by molar-refractivity contribution is 5.66. The van der Waals surface area contributed by atoms with Gasteiger partial charge in [0, 0.05) is 19.0 Å². The summed E-state index contributed by atoms with van der Waals surface area (Å²) in [4.78, 5) is 11.4. The minimum atomic E-state index is -0.144. The summed E-state index contributed by atoms with van der Waals surface area (Å²) < 4.78 is 5.68. The quantitative estimate of drug-likeness (QED) is 0.767. The van der Waals surface area contributed by atoms with Crippen molar-refractivity contribution in [2.45, 2.75) is 76.5 Å². The Morgan fingerprint density at radius 1 is 0.895 bits per heavy atom. The lowest BCUT2D eigenvalue weighted by Crippen LogP contribution is -2.41. The first-order valence-electron chi connectivity index (χ1n) is 7.74. The lowest BCUT2D eigenvalue weighted by molar-refractivity contribution is -0.154. The van der Waals surface area contributed by atoms with Crippen LogP contribution >= 0.6 is 0 Å². The van der Waals surface area contributed by atoms with E-state index in [9.17, 15) is 4.79 Å². The zero-order chi connectivity index (χ0) is 13.8. The summed E-state index contributed by atoms with van der Waals surface area (Å²) in [7, 11) is 0. The molecule has 0 saturated heterocycles. The van der Waals surface area contributed by atoms with E-state index in [1.165, 1.54) is 6.92 Å². The number of carbonyl (C=O) groups is 1. The van der Waals surface area contributed by atoms with Gasteiger partial charge in [0.15, 0.2) is 0 Å². The Morgan fingerprint density at radius 3 is 1.58 bits per heavy atom. The minimum absolute atomic E-state index is 0.0949. The highest BCUT2D eigenvalue weighted by atomic mass is 16.5. The standard InChI is InChI=1S/C15H28N2O2/c1-10(18)19-15(11-2-6-13(16)7-3-11)12-4-8-14(17)9-5-12/h11-15H,2-9,16-17H2,1H3. The Morgan fingerprint density at radius 2 is 1.26 bits per heavy atom. The Balaban J connectivity index is 1.96. The number of nitrogens with two attached hydrogens (primary N) is 2. The lowest BCUT2D eigenvalue weighted by atomic mass is 9.73. The molecule has 110 valence electrons. The van der Waals surface area contributed by atoms with Gasteiger partial charge in [-0.25, -0.2) is 0 Å². The molecule has 0 amide bonds. The summed E-state index contributed by atoms with van der Waals surface area (Å²) in [5.41, 5.74) is 11.9. The maximum absolute atomic E-state index is 11.4. The molecule has 0 aromatic heterocycles. The minimum Gasteiger partial charge on any atom is -0.462 e. The van der Waals surface area contributed by atoms with Crippen molar-refractivity contribution in [1.29, 1.82) is 0 Å². The van der Waals surface area contributed by atoms with Crippen molar-refractivity contribution in [3.63, 3.8) is 0 Å². The SMILES string of the molecule is CC(=O)OC(C1CCC(N)CC1)C1CCC(N)CC1. The van der Waals surface area contributed by atoms with E-state index in [0.29, 0.717) is 23.9 Å². The van der Waals surface area contributed by atoms with E-state index >= 15 is 0 Å². The highest BCUT2D eigenvalue weighted by Crippen LogP contribution is 2.37. The van der Waals surface area contributed by atoms with Crippen LogP contribution in [0.5, 0.6) is 0 Å². The summed E-state index contributed by atoms with van der Waals surface area (Å²) in [6, 6.07) is 0.683. The van der Waals surface area contributed by atoms with Crippen molar-refractivity contribution in [3.05, 3.63) is 0 Å². The van der Waals surface area contributed by atoms with Crippen LogP contribution in [0.15, 0.2) is 0 Å². The Kier molecular flexibility index (Phi) is 5.22. The summed E-state index contributed by atoms with van der Waals surface area (Å²) in [5, 5.41) is 0. The molecule has 2 fully saturated rings. The second kappa shape index (κ2) is 6.71. The zero-order valence-electron chi connectivity index (χ0n) is 12.0. The highest BCUT2D eigenvalue weighted by Gasteiger charge is 2.35. The van der Waals surface area contributed by atoms with Crippen molar-refractivity contribution in [2.75, 3.05) is 0 Å². The third-order valence-electron chi connectivity index (χ3n) is 4.86. The first-order valence-corrected chi connectivity index (χ1v) is 7.74. The molecule has 0 spiro atoms. The second-order valence-corrected chi connectivity index (χ2v) is 6.42. The van der Waals surface area contributed by atoms with Gasteiger partial charge >= 0.3 is 5.97 Å². The van der Waals surface area contributed by atoms with E-state index in [0.717, 1.165) is 51.4 Å². The molecular formula is C15H28N2O2. The van der Waals surface area contributed by atoms with E-state index in [-0.39, 0.29) is 12.1 Å². The molecule has 0 unspecified atom stereocenters. The summed E-state index contributed by atoms with van der Waals surface area (Å²) in [6.07, 6.45) is 8.75. The number of carbonyl (C=O) groups excluding carboxylic acids is 1. The van der Waals surface area contributed by atoms with Gasteiger partial charge in [-0.15, -0.1) is 0 Å². The maximum Gasteiger partial charge on any atom is 0.302 e. The number of hydrogen-bond donors (Lipinski definition) is 2. The van der Waals surface area contributed by atoms with E-state index in [2.05, 4.69) is 0 Å². The molecule has 0 aromatic carbocycles. The molecule has 0 aromatic rings. The van der Waals surface area contributed by atoms with Gasteiger partial charge in [-0.2, -0.15) is 0 Å². The van der Waals surface area contributed by atoms with Crippen molar-refractivity contribution in [3.8, 4) is 0 Å². The van der Waals surface area contributed by atoms with Crippen LogP contribution in [0.3, 0.4) is 0 Å². The van der Waals surface area contributed by atoms with Gasteiger partial charge in [-0.3, -0.25) is 4.79 Å². The Labute approximate surface area is 116 Å². The molecule has 0 atom stereocenters. The smallest absolute Gasteiger partial charge is 0.302 e. The molecule has 2 saturated carbocycles. The molecule has 19 heavy (non-hydrogen) atoms. The lowest BCUT2D eigenvalue weighted by Gasteiger charge is -2.39. The fraction of sp³-hybridized carbons (Fsp3) is 0.933. The second-order valence-electron chi connectivity index (χ2n) is 6.42. The molecule has 0 bridgehead atoms. The molecule has 4 nitrogen and oxygen atoms in total. The molecule has 4 heteroatoms. The summed E-state index contributed by atoms with van der Waals surface area (Å²) >= 11 is 0. The van der Waals surface area contributed by atoms with E-state index in [1.807, 2.05) is 0 Å². The van der Waals surface area contributed by atoms with Crippen LogP contribution in [0.4, 0.5) is 0 Å². The third-order valence-corrected chi connectivity index (χ3v) is 4.86. The summed E-state index contributed by atoms with van der Waals surface area (Å²) in [5.74, 6) is 0.862. The fourth-order valence-corrected chi connectivity index (χ4v) is 3.72. The number of esters is 1. The first-order chi connectivity index (χ1) is 9.06. The van der Waals surface area contributed by atoms with Gasteiger partial charge in [0.25, 0.3) is 0 Å². The largest absolute Gasteiger partial charge is 0.462 e. The van der Waals surface area contributed by atoms with Gasteiger partial charge in [-0.1, -0.05) is 0 Å². The van der Waals surface area contributed by atoms with Crippen LogP contribution < -0.4 is 11.5 Å². The van der Waals surface area contributed by atoms with Crippen molar-refractivity contribution in [1.82, 2.24) is 0 Å². The van der Waals surface area contributed by atoms with Gasteiger partial charge in [0.2, 0.25) is 0 Å².